The molecule has 2 aromatic heterocycles. The van der Waals surface area contributed by atoms with Crippen LogP contribution in [-0.4, -0.2) is 30.8 Å². The van der Waals surface area contributed by atoms with Gasteiger partial charge in [-0.25, -0.2) is 14.5 Å². The zero-order valence-corrected chi connectivity index (χ0v) is 12.8. The Balaban J connectivity index is 2.20. The van der Waals surface area contributed by atoms with Crippen molar-refractivity contribution in [2.24, 2.45) is 0 Å². The molecule has 0 saturated heterocycles. The number of aryl methyl sites for hydroxylation is 1. The molecule has 9 heteroatoms. The van der Waals surface area contributed by atoms with Crippen LogP contribution in [0.1, 0.15) is 21.7 Å². The van der Waals surface area contributed by atoms with Crippen molar-refractivity contribution < 1.29 is 23.1 Å². The average molecular weight is 348 g/mol. The van der Waals surface area contributed by atoms with Crippen molar-refractivity contribution in [1.82, 2.24) is 19.7 Å². The predicted molar refractivity (Wildman–Crippen MR) is 81.3 cm³/mol. The lowest BCUT2D eigenvalue weighted by atomic mass is 10.1. The lowest BCUT2D eigenvalue weighted by Crippen LogP contribution is -2.15. The molecule has 25 heavy (non-hydrogen) atoms. The summed E-state index contributed by atoms with van der Waals surface area (Å²) in [5.41, 5.74) is 1.44. The number of carboxylic acids is 1. The van der Waals surface area contributed by atoms with Gasteiger partial charge in [0.05, 0.1) is 16.9 Å². The van der Waals surface area contributed by atoms with E-state index in [0.29, 0.717) is 15.9 Å². The highest BCUT2D eigenvalue weighted by Gasteiger charge is 2.37. The smallest absolute Gasteiger partial charge is 0.451 e. The van der Waals surface area contributed by atoms with E-state index in [0.717, 1.165) is 18.0 Å². The third-order valence-electron chi connectivity index (χ3n) is 3.42. The molecule has 0 spiro atoms. The minimum Gasteiger partial charge on any atom is -0.478 e. The molecule has 0 aliphatic carbocycles. The lowest BCUT2D eigenvalue weighted by molar-refractivity contribution is -0.146. The van der Waals surface area contributed by atoms with E-state index < -0.39 is 18.0 Å². The van der Waals surface area contributed by atoms with Crippen molar-refractivity contribution in [3.63, 3.8) is 0 Å². The van der Waals surface area contributed by atoms with Gasteiger partial charge in [-0.15, -0.1) is 0 Å². The highest BCUT2D eigenvalue weighted by molar-refractivity contribution is 5.90. The standard InChI is InChI=1S/C16H11F3N4O2/c1-9-2-3-13(20-7-9)10-4-11(14(24)25)6-12(5-10)23-15(16(17,18)19)21-8-22-23/h2-8H,1H3,(H,24,25). The van der Waals surface area contributed by atoms with Crippen LogP contribution in [0.4, 0.5) is 13.2 Å². The monoisotopic (exact) mass is 348 g/mol. The number of aromatic carboxylic acids is 1. The van der Waals surface area contributed by atoms with E-state index in [1.165, 1.54) is 12.1 Å². The molecule has 0 atom stereocenters. The van der Waals surface area contributed by atoms with Gasteiger partial charge in [0, 0.05) is 11.8 Å². The van der Waals surface area contributed by atoms with Gasteiger partial charge >= 0.3 is 12.1 Å². The molecule has 3 aromatic rings. The van der Waals surface area contributed by atoms with Crippen LogP contribution < -0.4 is 0 Å². The van der Waals surface area contributed by atoms with Crippen LogP contribution in [-0.2, 0) is 6.18 Å². The van der Waals surface area contributed by atoms with Gasteiger partial charge in [-0.05, 0) is 36.8 Å². The minimum atomic E-state index is -4.72. The number of hydrogen-bond donors (Lipinski definition) is 1. The van der Waals surface area contributed by atoms with Crippen molar-refractivity contribution in [2.75, 3.05) is 0 Å². The molecule has 1 aromatic carbocycles. The third kappa shape index (κ3) is 3.35. The Morgan fingerprint density at radius 2 is 1.92 bits per heavy atom. The number of halogens is 3. The molecule has 0 aliphatic rings. The van der Waals surface area contributed by atoms with Crippen molar-refractivity contribution >= 4 is 5.97 Å². The van der Waals surface area contributed by atoms with Crippen LogP contribution in [0.3, 0.4) is 0 Å². The summed E-state index contributed by atoms with van der Waals surface area (Å²) in [4.78, 5) is 18.8. The SMILES string of the molecule is Cc1ccc(-c2cc(C(=O)O)cc(-n3ncnc3C(F)(F)F)c2)nc1. The van der Waals surface area contributed by atoms with Crippen molar-refractivity contribution in [3.8, 4) is 16.9 Å². The van der Waals surface area contributed by atoms with Gasteiger partial charge in [-0.2, -0.15) is 18.3 Å². The van der Waals surface area contributed by atoms with Gasteiger partial charge in [0.2, 0.25) is 5.82 Å². The molecule has 0 aliphatic heterocycles. The van der Waals surface area contributed by atoms with Gasteiger partial charge in [0.1, 0.15) is 6.33 Å². The van der Waals surface area contributed by atoms with Gasteiger partial charge in [0.25, 0.3) is 0 Å². The highest BCUT2D eigenvalue weighted by atomic mass is 19.4. The Labute approximate surface area is 139 Å². The number of benzene rings is 1. The van der Waals surface area contributed by atoms with E-state index >= 15 is 0 Å². The molecule has 128 valence electrons. The zero-order chi connectivity index (χ0) is 18.2. The van der Waals surface area contributed by atoms with E-state index in [1.54, 1.807) is 18.3 Å². The molecule has 0 amide bonds. The van der Waals surface area contributed by atoms with Crippen LogP contribution in [0, 0.1) is 6.92 Å². The molecule has 0 radical (unpaired) electrons. The number of pyridine rings is 1. The first kappa shape index (κ1) is 16.6. The van der Waals surface area contributed by atoms with E-state index in [-0.39, 0.29) is 11.3 Å². The van der Waals surface area contributed by atoms with Crippen molar-refractivity contribution in [2.45, 2.75) is 13.1 Å². The van der Waals surface area contributed by atoms with Gasteiger partial charge in [-0.3, -0.25) is 4.98 Å². The Bertz CT molecular complexity index is 933. The lowest BCUT2D eigenvalue weighted by Gasteiger charge is -2.11. The van der Waals surface area contributed by atoms with Crippen molar-refractivity contribution in [3.05, 3.63) is 59.8 Å². The van der Waals surface area contributed by atoms with Crippen LogP contribution in [0.25, 0.3) is 16.9 Å². The summed E-state index contributed by atoms with van der Waals surface area (Å²) in [7, 11) is 0. The summed E-state index contributed by atoms with van der Waals surface area (Å²) in [6.45, 7) is 1.83. The minimum absolute atomic E-state index is 0.0675. The fourth-order valence-corrected chi connectivity index (χ4v) is 2.27. The number of alkyl halides is 3. The fraction of sp³-hybridized carbons (Fsp3) is 0.125. The van der Waals surface area contributed by atoms with Gasteiger partial charge in [-0.1, -0.05) is 6.07 Å². The summed E-state index contributed by atoms with van der Waals surface area (Å²) in [6.07, 6.45) is -2.38. The van der Waals surface area contributed by atoms with E-state index in [1.807, 2.05) is 6.92 Å². The van der Waals surface area contributed by atoms with E-state index in [2.05, 4.69) is 15.1 Å². The second kappa shape index (κ2) is 6.00. The summed E-state index contributed by atoms with van der Waals surface area (Å²) in [6, 6.07) is 7.25. The zero-order valence-electron chi connectivity index (χ0n) is 12.8. The van der Waals surface area contributed by atoms with Crippen LogP contribution in [0.2, 0.25) is 0 Å². The maximum Gasteiger partial charge on any atom is 0.451 e. The molecule has 3 rings (SSSR count). The average Bonchev–Trinajstić information content (AvgIpc) is 3.05. The normalized spacial score (nSPS) is 11.5. The molecule has 0 fully saturated rings. The number of aromatic nitrogens is 4. The molecule has 6 nitrogen and oxygen atoms in total. The number of carboxylic acid groups (broad SMARTS) is 1. The van der Waals surface area contributed by atoms with Gasteiger partial charge in [0.15, 0.2) is 0 Å². The summed E-state index contributed by atoms with van der Waals surface area (Å²) in [5, 5.41) is 12.8. The first-order valence-electron chi connectivity index (χ1n) is 7.05. The number of rotatable bonds is 3. The van der Waals surface area contributed by atoms with Crippen LogP contribution in [0.5, 0.6) is 0 Å². The largest absolute Gasteiger partial charge is 0.478 e. The summed E-state index contributed by atoms with van der Waals surface area (Å²) >= 11 is 0. The Morgan fingerprint density at radius 1 is 1.16 bits per heavy atom. The maximum atomic E-state index is 13.0. The first-order chi connectivity index (χ1) is 11.8. The van der Waals surface area contributed by atoms with Gasteiger partial charge < -0.3 is 5.11 Å². The third-order valence-corrected chi connectivity index (χ3v) is 3.42. The second-order valence-corrected chi connectivity index (χ2v) is 5.29. The number of hydrogen-bond acceptors (Lipinski definition) is 4. The second-order valence-electron chi connectivity index (χ2n) is 5.29. The maximum absolute atomic E-state index is 13.0. The van der Waals surface area contributed by atoms with Crippen LogP contribution in [0.15, 0.2) is 42.9 Å². The first-order valence-corrected chi connectivity index (χ1v) is 7.05. The summed E-state index contributed by atoms with van der Waals surface area (Å²) in [5.74, 6) is -2.51. The molecule has 0 unspecified atom stereocenters. The Kier molecular flexibility index (Phi) is 3.99. The molecular weight excluding hydrogens is 337 g/mol. The van der Waals surface area contributed by atoms with E-state index in [9.17, 15) is 23.1 Å². The molecule has 2 heterocycles. The molecule has 0 saturated carbocycles. The molecule has 0 bridgehead atoms. The number of carbonyl (C=O) groups is 1. The topological polar surface area (TPSA) is 80.9 Å². The Hall–Kier alpha value is -3.23. The Morgan fingerprint density at radius 3 is 2.52 bits per heavy atom. The quantitative estimate of drug-likeness (QED) is 0.785. The van der Waals surface area contributed by atoms with Crippen molar-refractivity contribution in [1.29, 1.82) is 0 Å². The predicted octanol–water partition coefficient (Wildman–Crippen LogP) is 3.35. The molecular formula is C16H11F3N4O2. The fourth-order valence-electron chi connectivity index (χ4n) is 2.27. The van der Waals surface area contributed by atoms with E-state index in [4.69, 9.17) is 0 Å². The summed E-state index contributed by atoms with van der Waals surface area (Å²) < 4.78 is 39.7. The molecule has 1 N–H and O–H groups in total. The van der Waals surface area contributed by atoms with Crippen LogP contribution >= 0.6 is 0 Å². The highest BCUT2D eigenvalue weighted by Crippen LogP contribution is 2.30. The number of nitrogens with zero attached hydrogens (tertiary/aromatic N) is 4.